The lowest BCUT2D eigenvalue weighted by Gasteiger charge is -2.37. The van der Waals surface area contributed by atoms with E-state index in [1.165, 1.54) is 28.6 Å². The molecule has 7 nitrogen and oxygen atoms in total. The summed E-state index contributed by atoms with van der Waals surface area (Å²) in [5.74, 6) is -0.988. The third-order valence-corrected chi connectivity index (χ3v) is 7.27. The molecule has 3 N–H and O–H groups in total. The zero-order chi connectivity index (χ0) is 22.9. The fourth-order valence-corrected chi connectivity index (χ4v) is 5.08. The van der Waals surface area contributed by atoms with Crippen molar-refractivity contribution < 1.29 is 31.1 Å². The maximum Gasteiger partial charge on any atom is 0.573 e. The maximum absolute atomic E-state index is 12.8. The predicted octanol–water partition coefficient (Wildman–Crippen LogP) is 3.36. The van der Waals surface area contributed by atoms with Gasteiger partial charge < -0.3 is 15.8 Å². The van der Waals surface area contributed by atoms with Gasteiger partial charge in [0.1, 0.15) is 10.6 Å². The molecule has 3 rings (SSSR count). The highest BCUT2D eigenvalue weighted by Gasteiger charge is 2.41. The zero-order valence-electron chi connectivity index (χ0n) is 16.0. The molecule has 2 aromatic carbocycles. The second-order valence-electron chi connectivity index (χ2n) is 7.02. The third kappa shape index (κ3) is 5.48. The average molecular weight is 478 g/mol. The molecule has 1 aliphatic heterocycles. The highest BCUT2D eigenvalue weighted by atomic mass is 35.5. The molecule has 1 saturated heterocycles. The molecule has 1 fully saturated rings. The van der Waals surface area contributed by atoms with Gasteiger partial charge in [-0.25, -0.2) is 8.42 Å². The predicted molar refractivity (Wildman–Crippen MR) is 108 cm³/mol. The van der Waals surface area contributed by atoms with Crippen LogP contribution in [0.15, 0.2) is 53.4 Å². The largest absolute Gasteiger partial charge is 0.573 e. The zero-order valence-corrected chi connectivity index (χ0v) is 17.6. The van der Waals surface area contributed by atoms with Crippen LogP contribution < -0.4 is 15.8 Å². The van der Waals surface area contributed by atoms with E-state index in [2.05, 4.69) is 10.1 Å². The van der Waals surface area contributed by atoms with Crippen LogP contribution in [-0.2, 0) is 14.8 Å². The quantitative estimate of drug-likeness (QED) is 0.687. The van der Waals surface area contributed by atoms with Crippen LogP contribution in [0, 0.1) is 0 Å². The average Bonchev–Trinajstić information content (AvgIpc) is 2.69. The second kappa shape index (κ2) is 8.65. The fraction of sp³-hybridized carbons (Fsp3) is 0.316. The number of anilines is 1. The Bertz CT molecular complexity index is 1050. The van der Waals surface area contributed by atoms with Gasteiger partial charge in [-0.1, -0.05) is 23.7 Å². The molecule has 0 spiro atoms. The summed E-state index contributed by atoms with van der Waals surface area (Å²) in [6.45, 7) is 0.0195. The van der Waals surface area contributed by atoms with Crippen molar-refractivity contribution in [3.63, 3.8) is 0 Å². The summed E-state index contributed by atoms with van der Waals surface area (Å²) in [5, 5.41) is 2.65. The van der Waals surface area contributed by atoms with Gasteiger partial charge in [0.15, 0.2) is 0 Å². The van der Waals surface area contributed by atoms with Gasteiger partial charge in [-0.3, -0.25) is 4.79 Å². The lowest BCUT2D eigenvalue weighted by molar-refractivity contribution is -0.274. The SMILES string of the molecule is NC1(C(=O)Nc2ccc(OC(F)(F)F)cc2)CCN(S(=O)(=O)c2ccccc2Cl)CC1. The van der Waals surface area contributed by atoms with Gasteiger partial charge in [0, 0.05) is 18.8 Å². The number of nitrogens with zero attached hydrogens (tertiary/aromatic N) is 1. The molecular formula is C19H19ClF3N3O4S. The van der Waals surface area contributed by atoms with Gasteiger partial charge in [0.25, 0.3) is 0 Å². The van der Waals surface area contributed by atoms with Crippen LogP contribution in [0.5, 0.6) is 5.75 Å². The van der Waals surface area contributed by atoms with E-state index in [1.807, 2.05) is 0 Å². The minimum atomic E-state index is -4.82. The van der Waals surface area contributed by atoms with E-state index < -0.39 is 33.6 Å². The number of carbonyl (C=O) groups excluding carboxylic acids is 1. The lowest BCUT2D eigenvalue weighted by atomic mass is 9.88. The van der Waals surface area contributed by atoms with Crippen LogP contribution >= 0.6 is 11.6 Å². The molecule has 1 amide bonds. The number of nitrogens with one attached hydrogen (secondary N) is 1. The summed E-state index contributed by atoms with van der Waals surface area (Å²) in [7, 11) is -3.84. The summed E-state index contributed by atoms with van der Waals surface area (Å²) in [6.07, 6.45) is -4.71. The Balaban J connectivity index is 1.63. The number of piperidine rings is 1. The van der Waals surface area contributed by atoms with Crippen molar-refractivity contribution in [1.82, 2.24) is 4.31 Å². The second-order valence-corrected chi connectivity index (χ2v) is 9.33. The Morgan fingerprint density at radius 3 is 2.23 bits per heavy atom. The third-order valence-electron chi connectivity index (χ3n) is 4.87. The standard InChI is InChI=1S/C19H19ClF3N3O4S/c20-15-3-1-2-4-16(15)31(28,29)26-11-9-18(24,10-12-26)17(27)25-13-5-7-14(8-6-13)30-19(21,22)23/h1-8H,9-12,24H2,(H,25,27). The molecule has 1 aliphatic rings. The Morgan fingerprint density at radius 2 is 1.68 bits per heavy atom. The van der Waals surface area contributed by atoms with Crippen LogP contribution in [-0.4, -0.2) is 43.6 Å². The van der Waals surface area contributed by atoms with Crippen molar-refractivity contribution in [2.24, 2.45) is 5.73 Å². The van der Waals surface area contributed by atoms with Crippen molar-refractivity contribution in [2.75, 3.05) is 18.4 Å². The van der Waals surface area contributed by atoms with Gasteiger partial charge in [-0.05, 0) is 49.2 Å². The number of rotatable bonds is 5. The maximum atomic E-state index is 12.8. The van der Waals surface area contributed by atoms with Gasteiger partial charge >= 0.3 is 6.36 Å². The number of alkyl halides is 3. The first-order valence-corrected chi connectivity index (χ1v) is 10.9. The Morgan fingerprint density at radius 1 is 1.10 bits per heavy atom. The Labute approximate surface area is 182 Å². The van der Waals surface area contributed by atoms with E-state index in [4.69, 9.17) is 17.3 Å². The summed E-state index contributed by atoms with van der Waals surface area (Å²) >= 11 is 6.01. The summed E-state index contributed by atoms with van der Waals surface area (Å²) < 4.78 is 67.3. The van der Waals surface area contributed by atoms with Crippen molar-refractivity contribution in [3.8, 4) is 5.75 Å². The van der Waals surface area contributed by atoms with E-state index in [1.54, 1.807) is 12.1 Å². The Kier molecular flexibility index (Phi) is 6.51. The number of halogens is 4. The summed E-state index contributed by atoms with van der Waals surface area (Å²) in [5.41, 5.74) is 5.10. The van der Waals surface area contributed by atoms with E-state index in [9.17, 15) is 26.4 Å². The van der Waals surface area contributed by atoms with Crippen LogP contribution in [0.2, 0.25) is 5.02 Å². The van der Waals surface area contributed by atoms with Gasteiger partial charge in [-0.15, -0.1) is 13.2 Å². The smallest absolute Gasteiger partial charge is 0.406 e. The van der Waals surface area contributed by atoms with Gasteiger partial charge in [0.2, 0.25) is 15.9 Å². The number of nitrogens with two attached hydrogens (primary N) is 1. The van der Waals surface area contributed by atoms with E-state index >= 15 is 0 Å². The van der Waals surface area contributed by atoms with E-state index in [0.717, 1.165) is 12.1 Å². The molecule has 0 radical (unpaired) electrons. The molecule has 0 aromatic heterocycles. The minimum Gasteiger partial charge on any atom is -0.406 e. The number of carbonyl (C=O) groups is 1. The number of ether oxygens (including phenoxy) is 1. The highest BCUT2D eigenvalue weighted by Crippen LogP contribution is 2.30. The molecule has 0 aliphatic carbocycles. The first-order valence-electron chi connectivity index (χ1n) is 9.12. The summed E-state index contributed by atoms with van der Waals surface area (Å²) in [6, 6.07) is 10.7. The molecular weight excluding hydrogens is 459 g/mol. The number of benzene rings is 2. The van der Waals surface area contributed by atoms with Crippen LogP contribution in [0.25, 0.3) is 0 Å². The molecule has 2 aromatic rings. The normalized spacial score (nSPS) is 17.2. The van der Waals surface area contributed by atoms with E-state index in [0.29, 0.717) is 0 Å². The minimum absolute atomic E-state index is 0.00976. The summed E-state index contributed by atoms with van der Waals surface area (Å²) in [4.78, 5) is 12.6. The molecule has 0 saturated carbocycles. The molecule has 0 atom stereocenters. The molecule has 1 heterocycles. The van der Waals surface area contributed by atoms with Crippen LogP contribution in [0.1, 0.15) is 12.8 Å². The number of hydrogen-bond donors (Lipinski definition) is 2. The number of amides is 1. The van der Waals surface area contributed by atoms with Crippen LogP contribution in [0.3, 0.4) is 0 Å². The van der Waals surface area contributed by atoms with Crippen molar-refractivity contribution in [2.45, 2.75) is 29.6 Å². The molecule has 31 heavy (non-hydrogen) atoms. The number of hydrogen-bond acceptors (Lipinski definition) is 5. The van der Waals surface area contributed by atoms with Crippen molar-refractivity contribution >= 4 is 33.2 Å². The van der Waals surface area contributed by atoms with Gasteiger partial charge in [-0.2, -0.15) is 4.31 Å². The molecule has 0 bridgehead atoms. The van der Waals surface area contributed by atoms with Crippen molar-refractivity contribution in [3.05, 3.63) is 53.6 Å². The van der Waals surface area contributed by atoms with Crippen LogP contribution in [0.4, 0.5) is 18.9 Å². The fourth-order valence-electron chi connectivity index (χ4n) is 3.14. The molecule has 0 unspecified atom stereocenters. The number of sulfonamides is 1. The molecule has 12 heteroatoms. The first-order chi connectivity index (χ1) is 14.4. The monoisotopic (exact) mass is 477 g/mol. The van der Waals surface area contributed by atoms with Crippen molar-refractivity contribution in [1.29, 1.82) is 0 Å². The van der Waals surface area contributed by atoms with Gasteiger partial charge in [0.05, 0.1) is 10.6 Å². The van der Waals surface area contributed by atoms with E-state index in [-0.39, 0.29) is 41.5 Å². The highest BCUT2D eigenvalue weighted by molar-refractivity contribution is 7.89. The molecule has 168 valence electrons. The first kappa shape index (κ1) is 23.3. The Hall–Kier alpha value is -2.34. The topological polar surface area (TPSA) is 102 Å². The lowest BCUT2D eigenvalue weighted by Crippen LogP contribution is -2.58.